The standard InChI is InChI=1S/C18H12F3NO4/c1-24-15-5-3-2-4-13(15)16-22-14(17(23)25-16)10-11-6-8-12(9-7-11)26-18(19,20)21/h2-10H,1H3. The number of ether oxygens (including phenoxy) is 3. The second-order valence-corrected chi connectivity index (χ2v) is 5.15. The van der Waals surface area contributed by atoms with Crippen LogP contribution in [0.5, 0.6) is 11.5 Å². The number of benzene rings is 2. The van der Waals surface area contributed by atoms with Crippen LogP contribution in [-0.2, 0) is 9.53 Å². The molecular formula is C18H12F3NO4. The molecule has 1 aliphatic rings. The van der Waals surface area contributed by atoms with Crippen molar-refractivity contribution in [3.63, 3.8) is 0 Å². The molecule has 0 radical (unpaired) electrons. The van der Waals surface area contributed by atoms with Crippen LogP contribution in [0.15, 0.2) is 59.2 Å². The second kappa shape index (κ2) is 6.91. The first-order valence-electron chi connectivity index (χ1n) is 7.37. The molecule has 2 aromatic carbocycles. The molecule has 0 bridgehead atoms. The number of para-hydroxylation sites is 1. The van der Waals surface area contributed by atoms with Gasteiger partial charge in [0, 0.05) is 0 Å². The van der Waals surface area contributed by atoms with Crippen LogP contribution < -0.4 is 9.47 Å². The monoisotopic (exact) mass is 363 g/mol. The number of carbonyl (C=O) groups is 1. The minimum absolute atomic E-state index is 0.0235. The first-order chi connectivity index (χ1) is 12.4. The molecule has 134 valence electrons. The summed E-state index contributed by atoms with van der Waals surface area (Å²) in [6.45, 7) is 0. The average molecular weight is 363 g/mol. The minimum Gasteiger partial charge on any atom is -0.496 e. The summed E-state index contributed by atoms with van der Waals surface area (Å²) in [6, 6.07) is 11.9. The number of carbonyl (C=O) groups excluding carboxylic acids is 1. The summed E-state index contributed by atoms with van der Waals surface area (Å²) in [5, 5.41) is 0. The summed E-state index contributed by atoms with van der Waals surface area (Å²) in [5.41, 5.74) is 1.01. The van der Waals surface area contributed by atoms with E-state index in [4.69, 9.17) is 9.47 Å². The third-order valence-corrected chi connectivity index (χ3v) is 3.37. The van der Waals surface area contributed by atoms with Crippen LogP contribution in [0.2, 0.25) is 0 Å². The number of alkyl halides is 3. The summed E-state index contributed by atoms with van der Waals surface area (Å²) < 4.78 is 50.6. The predicted molar refractivity (Wildman–Crippen MR) is 86.7 cm³/mol. The van der Waals surface area contributed by atoms with Crippen molar-refractivity contribution in [2.24, 2.45) is 4.99 Å². The normalized spacial score (nSPS) is 15.6. The Morgan fingerprint density at radius 1 is 1.08 bits per heavy atom. The largest absolute Gasteiger partial charge is 0.573 e. The van der Waals surface area contributed by atoms with Gasteiger partial charge in [0.15, 0.2) is 5.70 Å². The topological polar surface area (TPSA) is 57.1 Å². The van der Waals surface area contributed by atoms with E-state index in [-0.39, 0.29) is 17.3 Å². The number of hydrogen-bond donors (Lipinski definition) is 0. The lowest BCUT2D eigenvalue weighted by molar-refractivity contribution is -0.274. The molecule has 8 heteroatoms. The van der Waals surface area contributed by atoms with Crippen molar-refractivity contribution in [3.05, 3.63) is 65.4 Å². The van der Waals surface area contributed by atoms with Crippen LogP contribution in [0.3, 0.4) is 0 Å². The molecule has 0 saturated carbocycles. The van der Waals surface area contributed by atoms with Crippen LogP contribution in [0.1, 0.15) is 11.1 Å². The Labute approximate surface area is 146 Å². The van der Waals surface area contributed by atoms with Crippen molar-refractivity contribution in [2.75, 3.05) is 7.11 Å². The van der Waals surface area contributed by atoms with Gasteiger partial charge in [0.1, 0.15) is 11.5 Å². The van der Waals surface area contributed by atoms with E-state index >= 15 is 0 Å². The molecule has 5 nitrogen and oxygen atoms in total. The van der Waals surface area contributed by atoms with Gasteiger partial charge in [-0.15, -0.1) is 13.2 Å². The van der Waals surface area contributed by atoms with Gasteiger partial charge in [-0.3, -0.25) is 0 Å². The van der Waals surface area contributed by atoms with E-state index in [0.29, 0.717) is 16.9 Å². The Bertz CT molecular complexity index is 886. The molecular weight excluding hydrogens is 351 g/mol. The number of nitrogens with zero attached hydrogens (tertiary/aromatic N) is 1. The van der Waals surface area contributed by atoms with Gasteiger partial charge in [-0.25, -0.2) is 9.79 Å². The molecule has 0 fully saturated rings. The zero-order chi connectivity index (χ0) is 18.7. The molecule has 2 aromatic rings. The minimum atomic E-state index is -4.76. The Kier molecular flexibility index (Phi) is 4.66. The van der Waals surface area contributed by atoms with Crippen molar-refractivity contribution >= 4 is 17.9 Å². The smallest absolute Gasteiger partial charge is 0.496 e. The number of methoxy groups -OCH3 is 1. The highest BCUT2D eigenvalue weighted by molar-refractivity contribution is 6.13. The lowest BCUT2D eigenvalue weighted by atomic mass is 10.2. The van der Waals surface area contributed by atoms with Gasteiger partial charge in [0.05, 0.1) is 12.7 Å². The SMILES string of the molecule is COc1ccccc1C1=NC(=Cc2ccc(OC(F)(F)F)cc2)C(=O)O1. The van der Waals surface area contributed by atoms with Gasteiger partial charge in [-0.1, -0.05) is 24.3 Å². The Morgan fingerprint density at radius 2 is 1.77 bits per heavy atom. The quantitative estimate of drug-likeness (QED) is 0.610. The zero-order valence-electron chi connectivity index (χ0n) is 13.4. The lowest BCUT2D eigenvalue weighted by Crippen LogP contribution is -2.16. The third-order valence-electron chi connectivity index (χ3n) is 3.37. The summed E-state index contributed by atoms with van der Waals surface area (Å²) in [7, 11) is 1.48. The fraction of sp³-hybridized carbons (Fsp3) is 0.111. The van der Waals surface area contributed by atoms with Crippen LogP contribution in [0, 0.1) is 0 Å². The number of esters is 1. The molecule has 0 saturated heterocycles. The van der Waals surface area contributed by atoms with E-state index in [9.17, 15) is 18.0 Å². The number of cyclic esters (lactones) is 1. The van der Waals surface area contributed by atoms with Gasteiger partial charge >= 0.3 is 12.3 Å². The molecule has 1 heterocycles. The molecule has 0 aliphatic carbocycles. The van der Waals surface area contributed by atoms with Gasteiger partial charge in [0.25, 0.3) is 0 Å². The first kappa shape index (κ1) is 17.5. The molecule has 0 N–H and O–H groups in total. The van der Waals surface area contributed by atoms with E-state index < -0.39 is 12.3 Å². The maximum Gasteiger partial charge on any atom is 0.573 e. The van der Waals surface area contributed by atoms with E-state index in [1.165, 1.54) is 25.3 Å². The Hall–Kier alpha value is -3.29. The van der Waals surface area contributed by atoms with Crippen LogP contribution in [-0.4, -0.2) is 25.3 Å². The third kappa shape index (κ3) is 4.02. The highest BCUT2D eigenvalue weighted by Gasteiger charge is 2.31. The maximum atomic E-state index is 12.2. The molecule has 1 aliphatic heterocycles. The highest BCUT2D eigenvalue weighted by atomic mass is 19.4. The molecule has 26 heavy (non-hydrogen) atoms. The summed E-state index contributed by atoms with van der Waals surface area (Å²) >= 11 is 0. The van der Waals surface area contributed by atoms with Crippen LogP contribution in [0.25, 0.3) is 6.08 Å². The van der Waals surface area contributed by atoms with Crippen LogP contribution >= 0.6 is 0 Å². The summed E-state index contributed by atoms with van der Waals surface area (Å²) in [5.74, 6) is -0.432. The fourth-order valence-corrected chi connectivity index (χ4v) is 2.27. The second-order valence-electron chi connectivity index (χ2n) is 5.15. The van der Waals surface area contributed by atoms with Gasteiger partial charge in [-0.2, -0.15) is 0 Å². The predicted octanol–water partition coefficient (Wildman–Crippen LogP) is 3.94. The molecule has 0 atom stereocenters. The number of halogens is 3. The summed E-state index contributed by atoms with van der Waals surface area (Å²) in [6.07, 6.45) is -3.36. The molecule has 3 rings (SSSR count). The molecule has 0 unspecified atom stereocenters. The Morgan fingerprint density at radius 3 is 2.42 bits per heavy atom. The fourth-order valence-electron chi connectivity index (χ4n) is 2.27. The van der Waals surface area contributed by atoms with Crippen molar-refractivity contribution in [3.8, 4) is 11.5 Å². The number of hydrogen-bond acceptors (Lipinski definition) is 5. The van der Waals surface area contributed by atoms with Gasteiger partial charge in [0.2, 0.25) is 5.90 Å². The van der Waals surface area contributed by atoms with Crippen molar-refractivity contribution in [1.29, 1.82) is 0 Å². The van der Waals surface area contributed by atoms with E-state index in [0.717, 1.165) is 12.1 Å². The molecule has 0 amide bonds. The van der Waals surface area contributed by atoms with E-state index in [1.807, 2.05) is 0 Å². The maximum absolute atomic E-state index is 12.2. The Balaban J connectivity index is 1.85. The van der Waals surface area contributed by atoms with Crippen molar-refractivity contribution in [2.45, 2.75) is 6.36 Å². The highest BCUT2D eigenvalue weighted by Crippen LogP contribution is 2.26. The van der Waals surface area contributed by atoms with E-state index in [1.54, 1.807) is 24.3 Å². The van der Waals surface area contributed by atoms with Crippen molar-refractivity contribution < 1.29 is 32.2 Å². The molecule has 0 spiro atoms. The van der Waals surface area contributed by atoms with Crippen molar-refractivity contribution in [1.82, 2.24) is 0 Å². The van der Waals surface area contributed by atoms with Gasteiger partial charge in [-0.05, 0) is 35.9 Å². The lowest BCUT2D eigenvalue weighted by Gasteiger charge is -2.08. The van der Waals surface area contributed by atoms with E-state index in [2.05, 4.69) is 9.73 Å². The number of aliphatic imine (C=N–C) groups is 1. The van der Waals surface area contributed by atoms with Crippen LogP contribution in [0.4, 0.5) is 13.2 Å². The number of rotatable bonds is 4. The summed E-state index contributed by atoms with van der Waals surface area (Å²) in [4.78, 5) is 16.1. The molecule has 0 aromatic heterocycles. The first-order valence-corrected chi connectivity index (χ1v) is 7.37. The zero-order valence-corrected chi connectivity index (χ0v) is 13.4. The van der Waals surface area contributed by atoms with Gasteiger partial charge < -0.3 is 14.2 Å². The average Bonchev–Trinajstić information content (AvgIpc) is 2.96.